The van der Waals surface area contributed by atoms with Crippen LogP contribution in [0.2, 0.25) is 0 Å². The van der Waals surface area contributed by atoms with Crippen LogP contribution in [0.3, 0.4) is 0 Å². The molecule has 0 aliphatic rings. The van der Waals surface area contributed by atoms with Gasteiger partial charge in [0.15, 0.2) is 0 Å². The quantitative estimate of drug-likeness (QED) is 0.394. The first kappa shape index (κ1) is 20.3. The van der Waals surface area contributed by atoms with E-state index in [2.05, 4.69) is 10.3 Å². The van der Waals surface area contributed by atoms with Gasteiger partial charge in [-0.05, 0) is 59.7 Å². The fraction of sp³-hybridized carbons (Fsp3) is 0.0435. The van der Waals surface area contributed by atoms with Crippen LogP contribution in [-0.2, 0) is 6.18 Å². The summed E-state index contributed by atoms with van der Waals surface area (Å²) in [4.78, 5) is 16.7. The highest BCUT2D eigenvalue weighted by Gasteiger charge is 2.31. The van der Waals surface area contributed by atoms with E-state index >= 15 is 0 Å². The Labute approximate surface area is 173 Å². The second kappa shape index (κ2) is 7.71. The van der Waals surface area contributed by atoms with Crippen LogP contribution in [0.5, 0.6) is 5.75 Å². The van der Waals surface area contributed by atoms with Crippen molar-refractivity contribution in [2.45, 2.75) is 6.18 Å². The number of hydrogen-bond acceptors (Lipinski definition) is 3. The number of aromatic hydroxyl groups is 1. The molecule has 156 valence electrons. The number of nitrogens with one attached hydrogen (secondary N) is 1. The zero-order valence-corrected chi connectivity index (χ0v) is 15.7. The Morgan fingerprint density at radius 1 is 0.935 bits per heavy atom. The number of anilines is 1. The number of halogens is 4. The molecule has 0 aliphatic heterocycles. The van der Waals surface area contributed by atoms with Crippen molar-refractivity contribution in [1.29, 1.82) is 0 Å². The molecule has 1 amide bonds. The fourth-order valence-electron chi connectivity index (χ4n) is 3.17. The Bertz CT molecular complexity index is 1300. The average molecular weight is 426 g/mol. The van der Waals surface area contributed by atoms with E-state index in [0.29, 0.717) is 34.2 Å². The number of alkyl halides is 3. The highest BCUT2D eigenvalue weighted by molar-refractivity contribution is 6.05. The van der Waals surface area contributed by atoms with E-state index in [1.54, 1.807) is 36.5 Å². The largest absolute Gasteiger partial charge is 0.506 e. The summed E-state index contributed by atoms with van der Waals surface area (Å²) in [5.41, 5.74) is 0.351. The second-order valence-electron chi connectivity index (χ2n) is 6.80. The number of carbonyl (C=O) groups is 1. The summed E-state index contributed by atoms with van der Waals surface area (Å²) < 4.78 is 52.1. The molecule has 0 spiro atoms. The lowest BCUT2D eigenvalue weighted by Crippen LogP contribution is -2.14. The van der Waals surface area contributed by atoms with Gasteiger partial charge in [0, 0.05) is 17.1 Å². The molecule has 0 aliphatic carbocycles. The van der Waals surface area contributed by atoms with Gasteiger partial charge in [0.05, 0.1) is 11.3 Å². The van der Waals surface area contributed by atoms with Crippen molar-refractivity contribution in [3.63, 3.8) is 0 Å². The summed E-state index contributed by atoms with van der Waals surface area (Å²) in [6.45, 7) is 0. The summed E-state index contributed by atoms with van der Waals surface area (Å²) >= 11 is 0. The minimum absolute atomic E-state index is 0.0187. The van der Waals surface area contributed by atoms with Crippen molar-refractivity contribution < 1.29 is 27.5 Å². The Kier molecular flexibility index (Phi) is 5.06. The molecular formula is C23H14F4N2O2. The molecule has 1 aromatic heterocycles. The van der Waals surface area contributed by atoms with Crippen LogP contribution in [0.4, 0.5) is 23.2 Å². The highest BCUT2D eigenvalue weighted by Crippen LogP contribution is 2.32. The molecule has 0 radical (unpaired) electrons. The van der Waals surface area contributed by atoms with Crippen molar-refractivity contribution >= 4 is 22.5 Å². The molecule has 8 heteroatoms. The number of carbonyl (C=O) groups excluding carboxylic acids is 1. The van der Waals surface area contributed by atoms with Crippen LogP contribution < -0.4 is 5.32 Å². The lowest BCUT2D eigenvalue weighted by atomic mass is 10.0. The van der Waals surface area contributed by atoms with Crippen LogP contribution in [-0.4, -0.2) is 16.0 Å². The standard InChI is InChI=1S/C23H14F4N2O2/c24-18-12-17(23(25,26)27)6-7-19(18)29-22(31)15-4-1-3-13(9-15)16-10-14-5-2-8-28-21(14)20(30)11-16/h1-12,30H,(H,29,31). The maximum absolute atomic E-state index is 14.0. The van der Waals surface area contributed by atoms with Gasteiger partial charge in [0.2, 0.25) is 0 Å². The van der Waals surface area contributed by atoms with Crippen molar-refractivity contribution in [3.8, 4) is 16.9 Å². The van der Waals surface area contributed by atoms with Gasteiger partial charge in [0.1, 0.15) is 17.1 Å². The average Bonchev–Trinajstić information content (AvgIpc) is 2.74. The van der Waals surface area contributed by atoms with Gasteiger partial charge in [-0.15, -0.1) is 0 Å². The first-order valence-electron chi connectivity index (χ1n) is 9.08. The van der Waals surface area contributed by atoms with Crippen LogP contribution in [0.25, 0.3) is 22.0 Å². The number of amides is 1. The third kappa shape index (κ3) is 4.18. The summed E-state index contributed by atoms with van der Waals surface area (Å²) in [5.74, 6) is -1.90. The molecule has 4 nitrogen and oxygen atoms in total. The van der Waals surface area contributed by atoms with E-state index in [1.807, 2.05) is 0 Å². The molecule has 4 aromatic rings. The molecule has 0 fully saturated rings. The number of nitrogens with zero attached hydrogens (tertiary/aromatic N) is 1. The lowest BCUT2D eigenvalue weighted by Gasteiger charge is -2.11. The molecule has 0 unspecified atom stereocenters. The third-order valence-corrected chi connectivity index (χ3v) is 4.69. The molecule has 0 saturated carbocycles. The summed E-state index contributed by atoms with van der Waals surface area (Å²) in [5, 5.41) is 13.2. The zero-order chi connectivity index (χ0) is 22.2. The number of fused-ring (bicyclic) bond motifs is 1. The van der Waals surface area contributed by atoms with Gasteiger partial charge in [-0.3, -0.25) is 9.78 Å². The summed E-state index contributed by atoms with van der Waals surface area (Å²) in [6.07, 6.45) is -3.12. The number of pyridine rings is 1. The number of rotatable bonds is 3. The minimum atomic E-state index is -4.68. The number of phenols is 1. The number of aromatic nitrogens is 1. The highest BCUT2D eigenvalue weighted by atomic mass is 19.4. The number of hydrogen-bond donors (Lipinski definition) is 2. The van der Waals surface area contributed by atoms with Crippen LogP contribution >= 0.6 is 0 Å². The fourth-order valence-corrected chi connectivity index (χ4v) is 3.17. The Morgan fingerprint density at radius 3 is 2.48 bits per heavy atom. The zero-order valence-electron chi connectivity index (χ0n) is 15.7. The van der Waals surface area contributed by atoms with Gasteiger partial charge < -0.3 is 10.4 Å². The third-order valence-electron chi connectivity index (χ3n) is 4.69. The van der Waals surface area contributed by atoms with Crippen molar-refractivity contribution in [3.05, 3.63) is 89.9 Å². The normalized spacial score (nSPS) is 11.5. The predicted molar refractivity (Wildman–Crippen MR) is 108 cm³/mol. The molecule has 0 bridgehead atoms. The van der Waals surface area contributed by atoms with E-state index in [9.17, 15) is 27.5 Å². The second-order valence-corrected chi connectivity index (χ2v) is 6.80. The Balaban J connectivity index is 1.62. The SMILES string of the molecule is O=C(Nc1ccc(C(F)(F)F)cc1F)c1cccc(-c2cc(O)c3ncccc3c2)c1. The van der Waals surface area contributed by atoms with Crippen molar-refractivity contribution in [2.75, 3.05) is 5.32 Å². The topological polar surface area (TPSA) is 62.2 Å². The molecule has 1 heterocycles. The van der Waals surface area contributed by atoms with E-state index < -0.39 is 23.5 Å². The van der Waals surface area contributed by atoms with Gasteiger partial charge >= 0.3 is 6.18 Å². The molecule has 0 atom stereocenters. The Morgan fingerprint density at radius 2 is 1.74 bits per heavy atom. The first-order valence-corrected chi connectivity index (χ1v) is 9.08. The maximum atomic E-state index is 14.0. The predicted octanol–water partition coefficient (Wildman–Crippen LogP) is 6.02. The van der Waals surface area contributed by atoms with E-state index in [0.717, 1.165) is 6.07 Å². The van der Waals surface area contributed by atoms with E-state index in [-0.39, 0.29) is 17.0 Å². The Hall–Kier alpha value is -3.94. The van der Waals surface area contributed by atoms with E-state index in [1.165, 1.54) is 18.2 Å². The van der Waals surface area contributed by atoms with E-state index in [4.69, 9.17) is 0 Å². The minimum Gasteiger partial charge on any atom is -0.506 e. The van der Waals surface area contributed by atoms with Gasteiger partial charge in [-0.25, -0.2) is 4.39 Å². The lowest BCUT2D eigenvalue weighted by molar-refractivity contribution is -0.137. The van der Waals surface area contributed by atoms with Gasteiger partial charge in [-0.1, -0.05) is 18.2 Å². The number of phenolic OH excluding ortho intramolecular Hbond substituents is 1. The molecule has 31 heavy (non-hydrogen) atoms. The van der Waals surface area contributed by atoms with Crippen molar-refractivity contribution in [1.82, 2.24) is 4.98 Å². The van der Waals surface area contributed by atoms with Crippen LogP contribution in [0.1, 0.15) is 15.9 Å². The van der Waals surface area contributed by atoms with Crippen molar-refractivity contribution in [2.24, 2.45) is 0 Å². The monoisotopic (exact) mass is 426 g/mol. The summed E-state index contributed by atoms with van der Waals surface area (Å²) in [6, 6.07) is 15.1. The molecule has 0 saturated heterocycles. The van der Waals surface area contributed by atoms with Gasteiger partial charge in [0.25, 0.3) is 5.91 Å². The molecule has 4 rings (SSSR count). The summed E-state index contributed by atoms with van der Waals surface area (Å²) in [7, 11) is 0. The van der Waals surface area contributed by atoms with Gasteiger partial charge in [-0.2, -0.15) is 13.2 Å². The molecular weight excluding hydrogens is 412 g/mol. The molecule has 2 N–H and O–H groups in total. The molecule has 3 aromatic carbocycles. The first-order chi connectivity index (χ1) is 14.7. The number of benzene rings is 3. The smallest absolute Gasteiger partial charge is 0.416 e. The maximum Gasteiger partial charge on any atom is 0.416 e. The van der Waals surface area contributed by atoms with Crippen LogP contribution in [0.15, 0.2) is 72.9 Å². The van der Waals surface area contributed by atoms with Crippen LogP contribution in [0, 0.1) is 5.82 Å².